The second-order valence-corrected chi connectivity index (χ2v) is 9.29. The van der Waals surface area contributed by atoms with Crippen LogP contribution in [0.1, 0.15) is 30.0 Å². The van der Waals surface area contributed by atoms with Gasteiger partial charge in [0.05, 0.1) is 17.5 Å². The molecule has 0 spiro atoms. The van der Waals surface area contributed by atoms with Gasteiger partial charge in [0.1, 0.15) is 11.6 Å². The van der Waals surface area contributed by atoms with Crippen molar-refractivity contribution in [2.75, 3.05) is 26.2 Å². The molecule has 0 aliphatic carbocycles. The van der Waals surface area contributed by atoms with Crippen LogP contribution in [0, 0.1) is 5.82 Å². The second-order valence-electron chi connectivity index (χ2n) is 7.11. The van der Waals surface area contributed by atoms with E-state index in [1.165, 1.54) is 12.1 Å². The molecular formula is C20H22ClFN2O3S. The van der Waals surface area contributed by atoms with Crippen LogP contribution in [0.3, 0.4) is 0 Å². The molecule has 0 aromatic heterocycles. The molecule has 2 aliphatic rings. The normalized spacial score (nSPS) is 18.1. The quantitative estimate of drug-likeness (QED) is 0.770. The van der Waals surface area contributed by atoms with E-state index in [2.05, 4.69) is 9.62 Å². The van der Waals surface area contributed by atoms with Crippen LogP contribution in [0.4, 0.5) is 4.39 Å². The van der Waals surface area contributed by atoms with E-state index in [1.807, 2.05) is 0 Å². The smallest absolute Gasteiger partial charge is 0.240 e. The van der Waals surface area contributed by atoms with Crippen molar-refractivity contribution >= 4 is 21.6 Å². The zero-order valence-electron chi connectivity index (χ0n) is 15.3. The Kier molecular flexibility index (Phi) is 5.60. The van der Waals surface area contributed by atoms with E-state index in [1.54, 1.807) is 24.3 Å². The van der Waals surface area contributed by atoms with Crippen LogP contribution in [-0.4, -0.2) is 39.6 Å². The number of benzene rings is 2. The summed E-state index contributed by atoms with van der Waals surface area (Å²) in [6.45, 7) is 2.19. The van der Waals surface area contributed by atoms with Crippen molar-refractivity contribution in [1.29, 1.82) is 0 Å². The van der Waals surface area contributed by atoms with Crippen LogP contribution in [0.5, 0.6) is 5.75 Å². The van der Waals surface area contributed by atoms with E-state index in [0.717, 1.165) is 37.2 Å². The first kappa shape index (κ1) is 19.6. The lowest BCUT2D eigenvalue weighted by atomic mass is 10.0. The van der Waals surface area contributed by atoms with Crippen LogP contribution in [0.2, 0.25) is 5.02 Å². The lowest BCUT2D eigenvalue weighted by molar-refractivity contribution is 0.241. The van der Waals surface area contributed by atoms with Crippen molar-refractivity contribution in [3.8, 4) is 5.75 Å². The molecule has 4 rings (SSSR count). The molecule has 1 unspecified atom stereocenters. The third-order valence-electron chi connectivity index (χ3n) is 5.35. The van der Waals surface area contributed by atoms with Gasteiger partial charge in [0.25, 0.3) is 0 Å². The van der Waals surface area contributed by atoms with Crippen LogP contribution < -0.4 is 9.46 Å². The van der Waals surface area contributed by atoms with Crippen LogP contribution in [-0.2, 0) is 16.4 Å². The van der Waals surface area contributed by atoms with Gasteiger partial charge in [-0.3, -0.25) is 4.90 Å². The number of nitrogens with zero attached hydrogens (tertiary/aromatic N) is 1. The van der Waals surface area contributed by atoms with E-state index >= 15 is 0 Å². The van der Waals surface area contributed by atoms with Crippen LogP contribution in [0.15, 0.2) is 41.3 Å². The second kappa shape index (κ2) is 7.99. The highest BCUT2D eigenvalue weighted by molar-refractivity contribution is 7.89. The third kappa shape index (κ3) is 3.89. The maximum Gasteiger partial charge on any atom is 0.240 e. The van der Waals surface area contributed by atoms with Gasteiger partial charge in [-0.25, -0.2) is 17.5 Å². The van der Waals surface area contributed by atoms with Gasteiger partial charge in [0.2, 0.25) is 10.0 Å². The van der Waals surface area contributed by atoms with E-state index in [-0.39, 0.29) is 11.4 Å². The van der Waals surface area contributed by atoms with Crippen molar-refractivity contribution in [3.63, 3.8) is 0 Å². The Morgan fingerprint density at radius 3 is 2.75 bits per heavy atom. The van der Waals surface area contributed by atoms with E-state index < -0.39 is 21.9 Å². The van der Waals surface area contributed by atoms with Crippen molar-refractivity contribution in [2.45, 2.75) is 30.2 Å². The van der Waals surface area contributed by atoms with Gasteiger partial charge in [0, 0.05) is 23.6 Å². The summed E-state index contributed by atoms with van der Waals surface area (Å²) >= 11 is 6.28. The molecule has 2 aromatic carbocycles. The largest absolute Gasteiger partial charge is 0.493 e. The fraction of sp³-hybridized carbons (Fsp3) is 0.400. The lowest BCUT2D eigenvalue weighted by Gasteiger charge is -2.29. The van der Waals surface area contributed by atoms with Crippen molar-refractivity contribution in [1.82, 2.24) is 9.62 Å². The fourth-order valence-corrected chi connectivity index (χ4v) is 5.28. The number of rotatable bonds is 6. The first-order chi connectivity index (χ1) is 13.5. The minimum absolute atomic E-state index is 0.0522. The van der Waals surface area contributed by atoms with Gasteiger partial charge < -0.3 is 4.74 Å². The Bertz CT molecular complexity index is 957. The minimum atomic E-state index is -3.74. The number of hydrogen-bond acceptors (Lipinski definition) is 4. The first-order valence-corrected chi connectivity index (χ1v) is 11.3. The molecule has 1 saturated heterocycles. The molecule has 28 heavy (non-hydrogen) atoms. The van der Waals surface area contributed by atoms with Gasteiger partial charge in [0.15, 0.2) is 0 Å². The summed E-state index contributed by atoms with van der Waals surface area (Å²) in [5.74, 6) is 0.310. The predicted molar refractivity (Wildman–Crippen MR) is 106 cm³/mol. The summed E-state index contributed by atoms with van der Waals surface area (Å²) in [5, 5.41) is 0.311. The topological polar surface area (TPSA) is 58.6 Å². The lowest BCUT2D eigenvalue weighted by Crippen LogP contribution is -2.37. The van der Waals surface area contributed by atoms with Crippen LogP contribution >= 0.6 is 11.6 Å². The molecule has 0 radical (unpaired) electrons. The maximum absolute atomic E-state index is 14.5. The number of hydrogen-bond donors (Lipinski definition) is 1. The molecule has 5 nitrogen and oxygen atoms in total. The summed E-state index contributed by atoms with van der Waals surface area (Å²) in [7, 11) is -3.74. The Labute approximate surface area is 169 Å². The fourth-order valence-electron chi connectivity index (χ4n) is 3.90. The standard InChI is InChI=1S/C20H22ClFN2O3S/c21-16-4-3-5-17(22)20(16)18(24-9-1-2-10-24)13-23-28(25,26)15-6-7-19-14(12-15)8-11-27-19/h3-7,12,18,23H,1-2,8-11,13H2. The van der Waals surface area contributed by atoms with Gasteiger partial charge >= 0.3 is 0 Å². The highest BCUT2D eigenvalue weighted by atomic mass is 35.5. The first-order valence-electron chi connectivity index (χ1n) is 9.39. The average molecular weight is 425 g/mol. The summed E-state index contributed by atoms with van der Waals surface area (Å²) < 4.78 is 48.4. The Hall–Kier alpha value is -1.67. The van der Waals surface area contributed by atoms with Crippen LogP contribution in [0.25, 0.3) is 0 Å². The van der Waals surface area contributed by atoms with Crippen molar-refractivity contribution in [2.24, 2.45) is 0 Å². The number of nitrogens with one attached hydrogen (secondary N) is 1. The van der Waals surface area contributed by atoms with Crippen molar-refractivity contribution in [3.05, 3.63) is 58.4 Å². The maximum atomic E-state index is 14.5. The van der Waals surface area contributed by atoms with Gasteiger partial charge in [-0.15, -0.1) is 0 Å². The molecule has 1 fully saturated rings. The molecule has 8 heteroatoms. The van der Waals surface area contributed by atoms with Crippen molar-refractivity contribution < 1.29 is 17.5 Å². The summed E-state index contributed by atoms with van der Waals surface area (Å²) in [5.41, 5.74) is 1.23. The van der Waals surface area contributed by atoms with Gasteiger partial charge in [-0.05, 0) is 61.8 Å². The molecule has 2 heterocycles. The Balaban J connectivity index is 1.59. The Morgan fingerprint density at radius 1 is 1.21 bits per heavy atom. The molecule has 2 aliphatic heterocycles. The third-order valence-corrected chi connectivity index (χ3v) is 7.10. The zero-order valence-corrected chi connectivity index (χ0v) is 16.9. The molecule has 1 atom stereocenters. The highest BCUT2D eigenvalue weighted by Crippen LogP contribution is 2.33. The van der Waals surface area contributed by atoms with Gasteiger partial charge in [-0.1, -0.05) is 17.7 Å². The highest BCUT2D eigenvalue weighted by Gasteiger charge is 2.29. The molecule has 0 amide bonds. The summed E-state index contributed by atoms with van der Waals surface area (Å²) in [6.07, 6.45) is 2.69. The Morgan fingerprint density at radius 2 is 2.00 bits per heavy atom. The van der Waals surface area contributed by atoms with Gasteiger partial charge in [-0.2, -0.15) is 0 Å². The number of fused-ring (bicyclic) bond motifs is 1. The molecule has 1 N–H and O–H groups in total. The monoisotopic (exact) mass is 424 g/mol. The predicted octanol–water partition coefficient (Wildman–Crippen LogP) is 3.53. The molecular weight excluding hydrogens is 403 g/mol. The molecule has 0 bridgehead atoms. The molecule has 0 saturated carbocycles. The summed E-state index contributed by atoms with van der Waals surface area (Å²) in [4.78, 5) is 2.28. The number of ether oxygens (including phenoxy) is 1. The van der Waals surface area contributed by atoms with E-state index in [9.17, 15) is 12.8 Å². The van der Waals surface area contributed by atoms with E-state index in [4.69, 9.17) is 16.3 Å². The zero-order chi connectivity index (χ0) is 19.7. The molecule has 150 valence electrons. The number of sulfonamides is 1. The number of likely N-dealkylation sites (tertiary alicyclic amines) is 1. The number of halogens is 2. The molecule has 2 aromatic rings. The average Bonchev–Trinajstić information content (AvgIpc) is 3.34. The summed E-state index contributed by atoms with van der Waals surface area (Å²) in [6, 6.07) is 8.96. The SMILES string of the molecule is O=S(=O)(NCC(c1c(F)cccc1Cl)N1CCCC1)c1ccc2c(c1)CCO2. The van der Waals surface area contributed by atoms with E-state index in [0.29, 0.717) is 23.6 Å². The minimum Gasteiger partial charge on any atom is -0.493 e.